The van der Waals surface area contributed by atoms with Crippen LogP contribution in [0.5, 0.6) is 0 Å². The lowest BCUT2D eigenvalue weighted by atomic mass is 9.78. The van der Waals surface area contributed by atoms with Crippen molar-refractivity contribution in [3.63, 3.8) is 0 Å². The summed E-state index contributed by atoms with van der Waals surface area (Å²) in [4.78, 5) is 50.0. The molecule has 6 aliphatic rings. The number of para-hydroxylation sites is 1. The zero-order chi connectivity index (χ0) is 38.0. The number of carbonyl (C=O) groups is 3. The van der Waals surface area contributed by atoms with Crippen molar-refractivity contribution in [2.45, 2.75) is 63.7 Å². The van der Waals surface area contributed by atoms with Gasteiger partial charge in [-0.05, 0) is 50.3 Å². The zero-order valence-corrected chi connectivity index (χ0v) is 31.4. The molecule has 9 rings (SSSR count). The van der Waals surface area contributed by atoms with Crippen LogP contribution in [0.15, 0.2) is 65.9 Å². The first-order chi connectivity index (χ1) is 26.6. The van der Waals surface area contributed by atoms with E-state index in [2.05, 4.69) is 50.5 Å². The van der Waals surface area contributed by atoms with Crippen molar-refractivity contribution in [3.8, 4) is 11.1 Å². The number of amides is 3. The van der Waals surface area contributed by atoms with E-state index in [4.69, 9.17) is 26.3 Å². The molecule has 2 aromatic heterocycles. The summed E-state index contributed by atoms with van der Waals surface area (Å²) in [6, 6.07) is 12.1. The van der Waals surface area contributed by atoms with E-state index in [1.165, 1.54) is 11.8 Å². The second-order valence-corrected chi connectivity index (χ2v) is 16.2. The van der Waals surface area contributed by atoms with Crippen molar-refractivity contribution < 1.29 is 19.1 Å². The summed E-state index contributed by atoms with van der Waals surface area (Å²) in [5.41, 5.74) is 19.6. The van der Waals surface area contributed by atoms with Crippen LogP contribution in [0.2, 0.25) is 0 Å². The second-order valence-electron chi connectivity index (χ2n) is 16.2. The molecular formula is C40H49N11O4. The van der Waals surface area contributed by atoms with Crippen molar-refractivity contribution >= 4 is 29.1 Å². The van der Waals surface area contributed by atoms with Crippen molar-refractivity contribution in [2.24, 2.45) is 22.8 Å². The fraction of sp³-hybridized carbons (Fsp3) is 0.475. The SMILES string of the molecule is CCC1c2c(cnn2C2CN(Cc3cccc(C(=O)N4CC5(COC5)C4)n3)C2)-c2cccc(NC(/C=C(\N)NC(=O)C3CC3)=C(/N)C(=O)NC3CC3)c2N1C. The first kappa shape index (κ1) is 35.3. The van der Waals surface area contributed by atoms with Gasteiger partial charge in [0.25, 0.3) is 11.8 Å². The Morgan fingerprint density at radius 1 is 1.02 bits per heavy atom. The summed E-state index contributed by atoms with van der Waals surface area (Å²) >= 11 is 0. The van der Waals surface area contributed by atoms with Crippen LogP contribution in [-0.2, 0) is 20.9 Å². The largest absolute Gasteiger partial charge is 0.393 e. The molecule has 2 saturated carbocycles. The van der Waals surface area contributed by atoms with Crippen LogP contribution in [0.25, 0.3) is 11.1 Å². The van der Waals surface area contributed by atoms with Crippen molar-refractivity contribution in [2.75, 3.05) is 56.7 Å². The predicted octanol–water partition coefficient (Wildman–Crippen LogP) is 2.56. The van der Waals surface area contributed by atoms with E-state index in [-0.39, 0.29) is 58.7 Å². The molecule has 0 bridgehead atoms. The van der Waals surface area contributed by atoms with Crippen LogP contribution in [-0.4, -0.2) is 94.8 Å². The number of hydrogen-bond acceptors (Lipinski definition) is 11. The third-order valence-electron chi connectivity index (χ3n) is 11.8. The molecule has 1 atom stereocenters. The number of carbonyl (C=O) groups excluding carboxylic acids is 3. The minimum Gasteiger partial charge on any atom is -0.393 e. The first-order valence-corrected chi connectivity index (χ1v) is 19.4. The molecule has 1 unspecified atom stereocenters. The number of hydrogen-bond donors (Lipinski definition) is 5. The minimum atomic E-state index is -0.383. The number of aromatic nitrogens is 3. The summed E-state index contributed by atoms with van der Waals surface area (Å²) in [7, 11) is 2.08. The Balaban J connectivity index is 0.928. The number of ether oxygens (including phenoxy) is 1. The molecule has 15 heteroatoms. The van der Waals surface area contributed by atoms with Crippen molar-refractivity contribution in [1.82, 2.24) is 35.2 Å². The molecule has 3 saturated heterocycles. The highest BCUT2D eigenvalue weighted by atomic mass is 16.5. The van der Waals surface area contributed by atoms with Crippen molar-refractivity contribution in [1.29, 1.82) is 0 Å². The number of rotatable bonds is 12. The number of fused-ring (bicyclic) bond motifs is 3. The molecule has 288 valence electrons. The number of nitrogens with one attached hydrogen (secondary N) is 3. The standard InChI is InChI=1S/C40H49N11O4/c1-3-32-36-28(15-43-51(36)26-17-49(18-26)16-25-6-4-9-30(44-25)39(54)50-19-40(20-50)21-55-22-40)27-7-5-8-29(35(27)48(32)2)46-31(34(42)38(53)45-24-12-13-24)14-33(41)47-37(52)23-10-11-23/h4-9,14-15,23-24,26,32,46H,3,10-13,16-22,41-42H2,1-2H3,(H,45,53)(H,47,52)/b33-14+,34-31+. The molecule has 4 aliphatic heterocycles. The molecular weight excluding hydrogens is 699 g/mol. The fourth-order valence-electron chi connectivity index (χ4n) is 8.36. The Hall–Kier alpha value is -5.41. The van der Waals surface area contributed by atoms with Crippen molar-refractivity contribution in [3.05, 3.63) is 83.0 Å². The monoisotopic (exact) mass is 747 g/mol. The van der Waals surface area contributed by atoms with Gasteiger partial charge in [-0.2, -0.15) is 5.10 Å². The Morgan fingerprint density at radius 3 is 2.47 bits per heavy atom. The predicted molar refractivity (Wildman–Crippen MR) is 206 cm³/mol. The number of benzene rings is 1. The van der Waals surface area contributed by atoms with Gasteiger partial charge < -0.3 is 42.0 Å². The van der Waals surface area contributed by atoms with Crippen LogP contribution >= 0.6 is 0 Å². The fourth-order valence-corrected chi connectivity index (χ4v) is 8.36. The van der Waals surface area contributed by atoms with Crippen LogP contribution < -0.4 is 32.3 Å². The van der Waals surface area contributed by atoms with Gasteiger partial charge in [-0.25, -0.2) is 4.98 Å². The van der Waals surface area contributed by atoms with Gasteiger partial charge in [-0.15, -0.1) is 0 Å². The normalized spacial score (nSPS) is 22.1. The van der Waals surface area contributed by atoms with Crippen LogP contribution in [0.3, 0.4) is 0 Å². The molecule has 15 nitrogen and oxygen atoms in total. The number of anilines is 2. The molecule has 6 heterocycles. The Kier molecular flexibility index (Phi) is 8.80. The van der Waals surface area contributed by atoms with Gasteiger partial charge >= 0.3 is 0 Å². The average Bonchev–Trinajstić information content (AvgIpc) is 4.07. The van der Waals surface area contributed by atoms with Gasteiger partial charge in [-0.3, -0.25) is 24.0 Å². The average molecular weight is 748 g/mol. The quantitative estimate of drug-likeness (QED) is 0.135. The first-order valence-electron chi connectivity index (χ1n) is 19.4. The van der Waals surface area contributed by atoms with Crippen LogP contribution in [0.4, 0.5) is 11.4 Å². The summed E-state index contributed by atoms with van der Waals surface area (Å²) in [5.74, 6) is -0.435. The van der Waals surface area contributed by atoms with E-state index >= 15 is 0 Å². The summed E-state index contributed by atoms with van der Waals surface area (Å²) in [5, 5.41) is 14.1. The lowest BCUT2D eigenvalue weighted by Gasteiger charge is -2.54. The third kappa shape index (κ3) is 6.69. The minimum absolute atomic E-state index is 0.00913. The maximum Gasteiger partial charge on any atom is 0.272 e. The molecule has 7 N–H and O–H groups in total. The van der Waals surface area contributed by atoms with Gasteiger partial charge in [0.05, 0.1) is 65.4 Å². The summed E-state index contributed by atoms with van der Waals surface area (Å²) < 4.78 is 7.55. The highest BCUT2D eigenvalue weighted by Gasteiger charge is 2.51. The number of likely N-dealkylation sites (tertiary alicyclic amines) is 2. The molecule has 0 radical (unpaired) electrons. The third-order valence-corrected chi connectivity index (χ3v) is 11.8. The van der Waals surface area contributed by atoms with Gasteiger partial charge in [0.15, 0.2) is 0 Å². The Labute approximate surface area is 320 Å². The maximum absolute atomic E-state index is 13.2. The highest BCUT2D eigenvalue weighted by Crippen LogP contribution is 2.49. The molecule has 1 aromatic carbocycles. The molecule has 3 aromatic rings. The number of nitrogens with zero attached hydrogens (tertiary/aromatic N) is 6. The zero-order valence-electron chi connectivity index (χ0n) is 31.4. The summed E-state index contributed by atoms with van der Waals surface area (Å²) in [6.07, 6.45) is 7.86. The molecule has 1 spiro atoms. The Bertz CT molecular complexity index is 2100. The van der Waals surface area contributed by atoms with E-state index in [0.29, 0.717) is 17.9 Å². The number of pyridine rings is 1. The van der Waals surface area contributed by atoms with E-state index in [9.17, 15) is 14.4 Å². The number of allylic oxidation sites excluding steroid dienone is 1. The van der Waals surface area contributed by atoms with Gasteiger partial charge in [0.2, 0.25) is 5.91 Å². The van der Waals surface area contributed by atoms with E-state index in [1.54, 1.807) is 0 Å². The maximum atomic E-state index is 13.2. The molecule has 2 aliphatic carbocycles. The van der Waals surface area contributed by atoms with Gasteiger partial charge in [-0.1, -0.05) is 25.1 Å². The molecule has 5 fully saturated rings. The van der Waals surface area contributed by atoms with E-state index in [0.717, 1.165) is 99.7 Å². The lowest BCUT2D eigenvalue weighted by molar-refractivity contribution is -0.176. The molecule has 3 amide bonds. The van der Waals surface area contributed by atoms with Crippen LogP contribution in [0.1, 0.15) is 73.0 Å². The second kappa shape index (κ2) is 13.7. The van der Waals surface area contributed by atoms with Gasteiger partial charge in [0, 0.05) is 68.9 Å². The van der Waals surface area contributed by atoms with Crippen LogP contribution in [0, 0.1) is 11.3 Å². The Morgan fingerprint density at radius 2 is 1.78 bits per heavy atom. The number of nitrogens with two attached hydrogens (primary N) is 2. The van der Waals surface area contributed by atoms with Gasteiger partial charge in [0.1, 0.15) is 17.2 Å². The molecule has 55 heavy (non-hydrogen) atoms. The topological polar surface area (TPSA) is 189 Å². The van der Waals surface area contributed by atoms with E-state index in [1.807, 2.05) is 41.4 Å². The van der Waals surface area contributed by atoms with E-state index < -0.39 is 0 Å². The lowest BCUT2D eigenvalue weighted by Crippen LogP contribution is -2.67. The highest BCUT2D eigenvalue weighted by molar-refractivity contribution is 5.97. The smallest absolute Gasteiger partial charge is 0.272 e. The summed E-state index contributed by atoms with van der Waals surface area (Å²) in [6.45, 7) is 7.45.